The highest BCUT2D eigenvalue weighted by molar-refractivity contribution is 6.30. The van der Waals surface area contributed by atoms with E-state index < -0.39 is 0 Å². The van der Waals surface area contributed by atoms with Gasteiger partial charge in [0.05, 0.1) is 6.04 Å². The first-order chi connectivity index (χ1) is 10.2. The smallest absolute Gasteiger partial charge is 0.335 e. The van der Waals surface area contributed by atoms with Crippen molar-refractivity contribution in [2.24, 2.45) is 0 Å². The van der Waals surface area contributed by atoms with Gasteiger partial charge < -0.3 is 10.1 Å². The van der Waals surface area contributed by atoms with Crippen LogP contribution < -0.4 is 10.1 Å². The van der Waals surface area contributed by atoms with Crippen molar-refractivity contribution >= 4 is 11.6 Å². The zero-order valence-electron chi connectivity index (χ0n) is 11.4. The topological polar surface area (TPSA) is 52.0 Å². The van der Waals surface area contributed by atoms with Gasteiger partial charge in [-0.2, -0.15) is 4.98 Å². The molecule has 1 aliphatic heterocycles. The number of aromatic nitrogens is 3. The number of hydrogen-bond donors (Lipinski definition) is 1. The summed E-state index contributed by atoms with van der Waals surface area (Å²) < 4.78 is 20.9. The Kier molecular flexibility index (Phi) is 4.36. The summed E-state index contributed by atoms with van der Waals surface area (Å²) in [5.41, 5.74) is 0.428. The van der Waals surface area contributed by atoms with E-state index in [2.05, 4.69) is 15.4 Å². The molecular formula is C14H16ClFN4O. The number of nitrogens with one attached hydrogen (secondary N) is 1. The highest BCUT2D eigenvalue weighted by atomic mass is 35.5. The Morgan fingerprint density at radius 1 is 1.38 bits per heavy atom. The minimum Gasteiger partial charge on any atom is -0.457 e. The summed E-state index contributed by atoms with van der Waals surface area (Å²) in [6.07, 6.45) is 3.72. The number of benzene rings is 1. The predicted molar refractivity (Wildman–Crippen MR) is 76.9 cm³/mol. The van der Waals surface area contributed by atoms with Gasteiger partial charge in [-0.15, -0.1) is 5.10 Å². The first-order valence-corrected chi connectivity index (χ1v) is 7.29. The van der Waals surface area contributed by atoms with Crippen LogP contribution in [0.1, 0.15) is 24.4 Å². The molecule has 5 nitrogen and oxygen atoms in total. The average Bonchev–Trinajstić information content (AvgIpc) is 2.96. The van der Waals surface area contributed by atoms with Crippen molar-refractivity contribution < 1.29 is 9.13 Å². The maximum Gasteiger partial charge on any atom is 0.335 e. The lowest BCUT2D eigenvalue weighted by atomic mass is 10.1. The number of rotatable bonds is 4. The van der Waals surface area contributed by atoms with E-state index in [4.69, 9.17) is 16.3 Å². The van der Waals surface area contributed by atoms with Crippen LogP contribution in [0.3, 0.4) is 0 Å². The molecule has 0 amide bonds. The lowest BCUT2D eigenvalue weighted by Gasteiger charge is -2.22. The third-order valence-corrected chi connectivity index (χ3v) is 3.78. The van der Waals surface area contributed by atoms with Crippen LogP contribution in [0.4, 0.5) is 4.39 Å². The molecule has 2 aromatic rings. The maximum absolute atomic E-state index is 13.6. The van der Waals surface area contributed by atoms with Gasteiger partial charge in [-0.1, -0.05) is 17.7 Å². The Morgan fingerprint density at radius 3 is 2.95 bits per heavy atom. The van der Waals surface area contributed by atoms with Crippen LogP contribution in [-0.2, 0) is 6.61 Å². The molecule has 1 fully saturated rings. The predicted octanol–water partition coefficient (Wildman–Crippen LogP) is 2.57. The molecule has 1 aromatic carbocycles. The van der Waals surface area contributed by atoms with Crippen LogP contribution in [0.5, 0.6) is 6.01 Å². The largest absolute Gasteiger partial charge is 0.457 e. The van der Waals surface area contributed by atoms with E-state index in [9.17, 15) is 4.39 Å². The molecule has 0 atom stereocenters. The van der Waals surface area contributed by atoms with Crippen molar-refractivity contribution in [1.82, 2.24) is 20.1 Å². The second-order valence-corrected chi connectivity index (χ2v) is 5.45. The van der Waals surface area contributed by atoms with E-state index in [1.165, 1.54) is 6.07 Å². The molecule has 1 aromatic heterocycles. The van der Waals surface area contributed by atoms with Gasteiger partial charge in [-0.05, 0) is 38.1 Å². The minimum absolute atomic E-state index is 0.0826. The number of hydrogen-bond acceptors (Lipinski definition) is 4. The van der Waals surface area contributed by atoms with E-state index in [0.717, 1.165) is 25.9 Å². The first kappa shape index (κ1) is 14.3. The lowest BCUT2D eigenvalue weighted by molar-refractivity contribution is 0.267. The summed E-state index contributed by atoms with van der Waals surface area (Å²) in [7, 11) is 0. The van der Waals surface area contributed by atoms with Crippen molar-refractivity contribution in [2.45, 2.75) is 25.5 Å². The van der Waals surface area contributed by atoms with Crippen LogP contribution >= 0.6 is 11.6 Å². The number of nitrogens with zero attached hydrogens (tertiary/aromatic N) is 3. The van der Waals surface area contributed by atoms with E-state index in [1.54, 1.807) is 18.5 Å². The van der Waals surface area contributed by atoms with Gasteiger partial charge in [0.25, 0.3) is 0 Å². The fraction of sp³-hybridized carbons (Fsp3) is 0.429. The molecule has 112 valence electrons. The molecular weight excluding hydrogens is 295 g/mol. The third-order valence-electron chi connectivity index (χ3n) is 3.54. The van der Waals surface area contributed by atoms with Crippen molar-refractivity contribution in [3.05, 3.63) is 40.9 Å². The Labute approximate surface area is 127 Å². The Morgan fingerprint density at radius 2 is 2.19 bits per heavy atom. The van der Waals surface area contributed by atoms with Crippen molar-refractivity contribution in [3.63, 3.8) is 0 Å². The molecule has 0 spiro atoms. The van der Waals surface area contributed by atoms with E-state index in [0.29, 0.717) is 16.6 Å². The third kappa shape index (κ3) is 3.51. The fourth-order valence-corrected chi connectivity index (χ4v) is 2.51. The molecule has 0 bridgehead atoms. The Hall–Kier alpha value is -1.66. The number of halogens is 2. The average molecular weight is 311 g/mol. The number of ether oxygens (including phenoxy) is 1. The Balaban J connectivity index is 1.61. The summed E-state index contributed by atoms with van der Waals surface area (Å²) in [5, 5.41) is 7.97. The fourth-order valence-electron chi connectivity index (χ4n) is 2.35. The monoisotopic (exact) mass is 310 g/mol. The molecule has 0 aliphatic carbocycles. The SMILES string of the molecule is Fc1cc(Cl)ccc1COc1ncn(C2CCNCC2)n1. The second-order valence-electron chi connectivity index (χ2n) is 5.01. The molecule has 1 aliphatic rings. The zero-order chi connectivity index (χ0) is 14.7. The molecule has 3 rings (SSSR count). The van der Waals surface area contributed by atoms with Gasteiger partial charge in [0.15, 0.2) is 0 Å². The molecule has 21 heavy (non-hydrogen) atoms. The summed E-state index contributed by atoms with van der Waals surface area (Å²) in [4.78, 5) is 4.11. The molecule has 1 N–H and O–H groups in total. The molecule has 0 radical (unpaired) electrons. The molecule has 0 saturated carbocycles. The van der Waals surface area contributed by atoms with Gasteiger partial charge in [-0.3, -0.25) is 0 Å². The highest BCUT2D eigenvalue weighted by Gasteiger charge is 2.16. The number of piperidine rings is 1. The van der Waals surface area contributed by atoms with Gasteiger partial charge in [0.1, 0.15) is 18.8 Å². The van der Waals surface area contributed by atoms with Gasteiger partial charge >= 0.3 is 6.01 Å². The van der Waals surface area contributed by atoms with E-state index >= 15 is 0 Å². The van der Waals surface area contributed by atoms with Crippen LogP contribution in [0.2, 0.25) is 5.02 Å². The Bertz CT molecular complexity index is 613. The summed E-state index contributed by atoms with van der Waals surface area (Å²) >= 11 is 5.71. The van der Waals surface area contributed by atoms with E-state index in [1.807, 2.05) is 4.68 Å². The van der Waals surface area contributed by atoms with Crippen LogP contribution in [-0.4, -0.2) is 27.9 Å². The van der Waals surface area contributed by atoms with Gasteiger partial charge in [-0.25, -0.2) is 9.07 Å². The van der Waals surface area contributed by atoms with Gasteiger partial charge in [0.2, 0.25) is 0 Å². The maximum atomic E-state index is 13.6. The molecule has 7 heteroatoms. The molecule has 0 unspecified atom stereocenters. The summed E-state index contributed by atoms with van der Waals surface area (Å²) in [5.74, 6) is -0.389. The van der Waals surface area contributed by atoms with Crippen LogP contribution in [0.15, 0.2) is 24.5 Å². The standard InChI is InChI=1S/C14H16ClFN4O/c15-11-2-1-10(13(16)7-11)8-21-14-18-9-20(19-14)12-3-5-17-6-4-12/h1-2,7,9,12,17H,3-6,8H2. The van der Waals surface area contributed by atoms with Crippen molar-refractivity contribution in [2.75, 3.05) is 13.1 Å². The van der Waals surface area contributed by atoms with Gasteiger partial charge in [0, 0.05) is 10.6 Å². The van der Waals surface area contributed by atoms with Crippen LogP contribution in [0, 0.1) is 5.82 Å². The molecule has 1 saturated heterocycles. The normalized spacial score (nSPS) is 16.1. The molecule has 2 heterocycles. The van der Waals surface area contributed by atoms with Crippen molar-refractivity contribution in [1.29, 1.82) is 0 Å². The summed E-state index contributed by atoms with van der Waals surface area (Å²) in [6.45, 7) is 2.05. The van der Waals surface area contributed by atoms with Crippen molar-refractivity contribution in [3.8, 4) is 6.01 Å². The lowest BCUT2D eigenvalue weighted by Crippen LogP contribution is -2.29. The minimum atomic E-state index is -0.389. The van der Waals surface area contributed by atoms with Crippen LogP contribution in [0.25, 0.3) is 0 Å². The quantitative estimate of drug-likeness (QED) is 0.943. The zero-order valence-corrected chi connectivity index (χ0v) is 12.2. The highest BCUT2D eigenvalue weighted by Crippen LogP contribution is 2.19. The summed E-state index contributed by atoms with van der Waals surface area (Å²) in [6, 6.07) is 5.11. The van der Waals surface area contributed by atoms with E-state index in [-0.39, 0.29) is 18.4 Å². The second kappa shape index (κ2) is 6.41. The first-order valence-electron chi connectivity index (χ1n) is 6.91.